The lowest BCUT2D eigenvalue weighted by Gasteiger charge is -2.07. The molecule has 7 heteroatoms. The number of hydrogen-bond acceptors (Lipinski definition) is 4. The Kier molecular flexibility index (Phi) is 5.35. The first-order valence-electron chi connectivity index (χ1n) is 7.77. The number of aryl methyl sites for hydroxylation is 1. The van der Waals surface area contributed by atoms with Crippen LogP contribution in [0.5, 0.6) is 0 Å². The Hall–Kier alpha value is -2.80. The quantitative estimate of drug-likeness (QED) is 0.690. The number of fused-ring (bicyclic) bond motifs is 1. The van der Waals surface area contributed by atoms with Gasteiger partial charge in [-0.2, -0.15) is 0 Å². The normalized spacial score (nSPS) is 10.6. The fraction of sp³-hybridized carbons (Fsp3) is 0.167. The third-order valence-electron chi connectivity index (χ3n) is 3.52. The standard InChI is InChI=1S/C18H16FN3O2S/c19-13-7-5-12(6-8-13)11-17(24)22-21-16(23)9-10-18-20-14-3-1-2-4-15(14)25-18/h1-8H,9-11H2,(H,21,23)(H,22,24). The maximum atomic E-state index is 12.8. The SMILES string of the molecule is O=C(CCc1nc2ccccc2s1)NNC(=O)Cc1ccc(F)cc1. The van der Waals surface area contributed by atoms with Gasteiger partial charge in [-0.3, -0.25) is 20.4 Å². The zero-order valence-electron chi connectivity index (χ0n) is 13.3. The molecule has 0 radical (unpaired) electrons. The molecule has 0 aliphatic heterocycles. The molecule has 1 heterocycles. The number of benzene rings is 2. The number of para-hydroxylation sites is 1. The van der Waals surface area contributed by atoms with Crippen molar-refractivity contribution >= 4 is 33.4 Å². The predicted octanol–water partition coefficient (Wildman–Crippen LogP) is 2.76. The number of carbonyl (C=O) groups excluding carboxylic acids is 2. The van der Waals surface area contributed by atoms with Gasteiger partial charge in [0.15, 0.2) is 0 Å². The van der Waals surface area contributed by atoms with Gasteiger partial charge in [0.2, 0.25) is 11.8 Å². The highest BCUT2D eigenvalue weighted by atomic mass is 32.1. The van der Waals surface area contributed by atoms with E-state index >= 15 is 0 Å². The summed E-state index contributed by atoms with van der Waals surface area (Å²) in [6.07, 6.45) is 0.814. The van der Waals surface area contributed by atoms with Gasteiger partial charge in [-0.15, -0.1) is 11.3 Å². The van der Waals surface area contributed by atoms with E-state index in [2.05, 4.69) is 15.8 Å². The summed E-state index contributed by atoms with van der Waals surface area (Å²) in [5.41, 5.74) is 6.34. The molecule has 1 aromatic heterocycles. The minimum absolute atomic E-state index is 0.0679. The van der Waals surface area contributed by atoms with Crippen LogP contribution in [0, 0.1) is 5.82 Å². The lowest BCUT2D eigenvalue weighted by molar-refractivity contribution is -0.128. The highest BCUT2D eigenvalue weighted by Crippen LogP contribution is 2.22. The first-order chi connectivity index (χ1) is 12.1. The smallest absolute Gasteiger partial charge is 0.242 e. The van der Waals surface area contributed by atoms with Crippen molar-refractivity contribution < 1.29 is 14.0 Å². The van der Waals surface area contributed by atoms with Crippen LogP contribution in [0.4, 0.5) is 4.39 Å². The van der Waals surface area contributed by atoms with Crippen LogP contribution in [-0.4, -0.2) is 16.8 Å². The van der Waals surface area contributed by atoms with Gasteiger partial charge in [0, 0.05) is 12.8 Å². The van der Waals surface area contributed by atoms with Gasteiger partial charge >= 0.3 is 0 Å². The van der Waals surface area contributed by atoms with E-state index in [1.54, 1.807) is 11.3 Å². The van der Waals surface area contributed by atoms with Crippen molar-refractivity contribution in [2.75, 3.05) is 0 Å². The van der Waals surface area contributed by atoms with Crippen LogP contribution < -0.4 is 10.9 Å². The molecule has 2 aromatic carbocycles. The Morgan fingerprint density at radius 1 is 1.00 bits per heavy atom. The molecule has 128 valence electrons. The topological polar surface area (TPSA) is 71.1 Å². The molecule has 0 aliphatic carbocycles. The van der Waals surface area contributed by atoms with Gasteiger partial charge in [0.25, 0.3) is 0 Å². The summed E-state index contributed by atoms with van der Waals surface area (Å²) in [5.74, 6) is -1.00. The van der Waals surface area contributed by atoms with E-state index in [0.29, 0.717) is 12.0 Å². The molecule has 0 saturated carbocycles. The number of nitrogens with zero attached hydrogens (tertiary/aromatic N) is 1. The fourth-order valence-electron chi connectivity index (χ4n) is 2.28. The zero-order valence-corrected chi connectivity index (χ0v) is 14.1. The van der Waals surface area contributed by atoms with Crippen LogP contribution in [0.3, 0.4) is 0 Å². The van der Waals surface area contributed by atoms with E-state index in [-0.39, 0.29) is 30.5 Å². The van der Waals surface area contributed by atoms with Crippen molar-refractivity contribution in [2.45, 2.75) is 19.3 Å². The van der Waals surface area contributed by atoms with Crippen LogP contribution in [0.25, 0.3) is 10.2 Å². The van der Waals surface area contributed by atoms with Crippen LogP contribution in [0.1, 0.15) is 17.0 Å². The average molecular weight is 357 g/mol. The van der Waals surface area contributed by atoms with Gasteiger partial charge in [-0.25, -0.2) is 9.37 Å². The predicted molar refractivity (Wildman–Crippen MR) is 94.3 cm³/mol. The van der Waals surface area contributed by atoms with Crippen molar-refractivity contribution in [1.82, 2.24) is 15.8 Å². The largest absolute Gasteiger partial charge is 0.273 e. The third-order valence-corrected chi connectivity index (χ3v) is 4.62. The highest BCUT2D eigenvalue weighted by Gasteiger charge is 2.09. The molecule has 0 aliphatic rings. The second kappa shape index (κ2) is 7.85. The van der Waals surface area contributed by atoms with Gasteiger partial charge in [0.05, 0.1) is 21.6 Å². The molecule has 2 N–H and O–H groups in total. The van der Waals surface area contributed by atoms with Gasteiger partial charge in [-0.1, -0.05) is 24.3 Å². The second-order valence-electron chi connectivity index (χ2n) is 5.47. The number of thiazole rings is 1. The van der Waals surface area contributed by atoms with Crippen LogP contribution in [0.15, 0.2) is 48.5 Å². The number of rotatable bonds is 5. The summed E-state index contributed by atoms with van der Waals surface area (Å²) in [6, 6.07) is 13.5. The molecular weight excluding hydrogens is 341 g/mol. The van der Waals surface area contributed by atoms with Gasteiger partial charge in [0.1, 0.15) is 5.82 Å². The van der Waals surface area contributed by atoms with E-state index in [1.807, 2.05) is 24.3 Å². The lowest BCUT2D eigenvalue weighted by Crippen LogP contribution is -2.42. The van der Waals surface area contributed by atoms with E-state index in [1.165, 1.54) is 24.3 Å². The molecule has 3 rings (SSSR count). The Labute approximate surface area is 147 Å². The first kappa shape index (κ1) is 17.0. The van der Waals surface area contributed by atoms with Crippen molar-refractivity contribution in [2.24, 2.45) is 0 Å². The number of hydrazine groups is 1. The molecule has 3 aromatic rings. The van der Waals surface area contributed by atoms with E-state index < -0.39 is 0 Å². The lowest BCUT2D eigenvalue weighted by atomic mass is 10.1. The second-order valence-corrected chi connectivity index (χ2v) is 6.59. The fourth-order valence-corrected chi connectivity index (χ4v) is 3.25. The first-order valence-corrected chi connectivity index (χ1v) is 8.58. The number of halogens is 1. The summed E-state index contributed by atoms with van der Waals surface area (Å²) in [5, 5.41) is 0.883. The number of aromatic nitrogens is 1. The molecule has 0 saturated heterocycles. The Morgan fingerprint density at radius 2 is 1.72 bits per heavy atom. The molecule has 2 amide bonds. The van der Waals surface area contributed by atoms with Crippen molar-refractivity contribution in [3.63, 3.8) is 0 Å². The molecule has 0 spiro atoms. The van der Waals surface area contributed by atoms with Crippen molar-refractivity contribution in [1.29, 1.82) is 0 Å². The Morgan fingerprint density at radius 3 is 2.48 bits per heavy atom. The summed E-state index contributed by atoms with van der Waals surface area (Å²) in [7, 11) is 0. The number of hydrogen-bond donors (Lipinski definition) is 2. The maximum Gasteiger partial charge on any atom is 0.242 e. The molecular formula is C18H16FN3O2S. The van der Waals surface area contributed by atoms with Gasteiger partial charge < -0.3 is 0 Å². The average Bonchev–Trinajstić information content (AvgIpc) is 3.03. The van der Waals surface area contributed by atoms with Gasteiger partial charge in [-0.05, 0) is 29.8 Å². The molecule has 0 atom stereocenters. The molecule has 0 unspecified atom stereocenters. The molecule has 25 heavy (non-hydrogen) atoms. The van der Waals surface area contributed by atoms with Crippen LogP contribution in [0.2, 0.25) is 0 Å². The molecule has 0 fully saturated rings. The summed E-state index contributed by atoms with van der Waals surface area (Å²) < 4.78 is 13.9. The Balaban J connectivity index is 1.43. The van der Waals surface area contributed by atoms with E-state index in [4.69, 9.17) is 0 Å². The van der Waals surface area contributed by atoms with Crippen molar-refractivity contribution in [3.05, 3.63) is 64.9 Å². The van der Waals surface area contributed by atoms with E-state index in [9.17, 15) is 14.0 Å². The van der Waals surface area contributed by atoms with Crippen molar-refractivity contribution in [3.8, 4) is 0 Å². The maximum absolute atomic E-state index is 12.8. The zero-order chi connectivity index (χ0) is 17.6. The molecule has 0 bridgehead atoms. The summed E-state index contributed by atoms with van der Waals surface area (Å²) >= 11 is 1.56. The number of nitrogens with one attached hydrogen (secondary N) is 2. The minimum Gasteiger partial charge on any atom is -0.273 e. The molecule has 5 nitrogen and oxygen atoms in total. The minimum atomic E-state index is -0.361. The number of carbonyl (C=O) groups is 2. The van der Waals surface area contributed by atoms with Crippen LogP contribution in [-0.2, 0) is 22.4 Å². The summed E-state index contributed by atoms with van der Waals surface area (Å²) in [4.78, 5) is 28.1. The summed E-state index contributed by atoms with van der Waals surface area (Å²) in [6.45, 7) is 0. The monoisotopic (exact) mass is 357 g/mol. The number of amides is 2. The third kappa shape index (κ3) is 4.84. The Bertz CT molecular complexity index is 860. The van der Waals surface area contributed by atoms with E-state index in [0.717, 1.165) is 15.2 Å². The highest BCUT2D eigenvalue weighted by molar-refractivity contribution is 7.18. The van der Waals surface area contributed by atoms with Crippen LogP contribution >= 0.6 is 11.3 Å².